The van der Waals surface area contributed by atoms with Gasteiger partial charge < -0.3 is 0 Å². The highest BCUT2D eigenvalue weighted by atomic mass is 127. The fourth-order valence-corrected chi connectivity index (χ4v) is 0.365. The Morgan fingerprint density at radius 2 is 2.12 bits per heavy atom. The largest absolute Gasteiger partial charge is 0.271 e. The van der Waals surface area contributed by atoms with Crippen LogP contribution in [-0.4, -0.2) is 5.91 Å². The first kappa shape index (κ1) is 8.00. The third-order valence-corrected chi connectivity index (χ3v) is 0.846. The average Bonchev–Trinajstić information content (AvgIpc) is 1.67. The molecule has 0 saturated carbocycles. The minimum atomic E-state index is -0.167. The Morgan fingerprint density at radius 1 is 1.62 bits per heavy atom. The van der Waals surface area contributed by atoms with Gasteiger partial charge in [0.25, 0.3) is 5.91 Å². The van der Waals surface area contributed by atoms with Gasteiger partial charge in [-0.15, -0.1) is 8.44 Å². The summed E-state index contributed by atoms with van der Waals surface area (Å²) in [4.78, 5) is 10.5. The fourth-order valence-electron chi connectivity index (χ4n) is 0.153. The van der Waals surface area contributed by atoms with Crippen molar-refractivity contribution in [2.24, 2.45) is 14.4 Å². The van der Waals surface area contributed by atoms with Gasteiger partial charge in [0.05, 0.1) is 0 Å². The number of nitrogens with zero attached hydrogens (tertiary/aromatic N) is 2. The zero-order valence-electron chi connectivity index (χ0n) is 4.76. The lowest BCUT2D eigenvalue weighted by atomic mass is 10.2. The van der Waals surface area contributed by atoms with Crippen LogP contribution in [0.5, 0.6) is 0 Å². The SMILES string of the molecule is CC(C)C(=O)N=NI. The summed E-state index contributed by atoms with van der Waals surface area (Å²) in [6, 6.07) is 0. The number of carbonyl (C=O) groups excluding carboxylic acids is 1. The van der Waals surface area contributed by atoms with Crippen LogP contribution in [-0.2, 0) is 4.79 Å². The third kappa shape index (κ3) is 3.06. The Morgan fingerprint density at radius 3 is 2.25 bits per heavy atom. The van der Waals surface area contributed by atoms with Crippen LogP contribution in [0.25, 0.3) is 0 Å². The van der Waals surface area contributed by atoms with Crippen LogP contribution < -0.4 is 0 Å². The van der Waals surface area contributed by atoms with Gasteiger partial charge in [0.1, 0.15) is 22.9 Å². The van der Waals surface area contributed by atoms with E-state index in [1.165, 1.54) is 0 Å². The average molecular weight is 226 g/mol. The van der Waals surface area contributed by atoms with Crippen molar-refractivity contribution in [3.05, 3.63) is 0 Å². The van der Waals surface area contributed by atoms with Gasteiger partial charge in [-0.05, 0) is 0 Å². The van der Waals surface area contributed by atoms with E-state index >= 15 is 0 Å². The van der Waals surface area contributed by atoms with E-state index in [-0.39, 0.29) is 11.8 Å². The van der Waals surface area contributed by atoms with E-state index < -0.39 is 0 Å². The summed E-state index contributed by atoms with van der Waals surface area (Å²) in [5.41, 5.74) is 0. The Kier molecular flexibility index (Phi) is 3.94. The van der Waals surface area contributed by atoms with Crippen LogP contribution in [0.1, 0.15) is 13.8 Å². The third-order valence-electron chi connectivity index (χ3n) is 0.630. The lowest BCUT2D eigenvalue weighted by molar-refractivity contribution is -0.120. The molecule has 0 bridgehead atoms. The molecule has 0 aromatic heterocycles. The summed E-state index contributed by atoms with van der Waals surface area (Å²) in [6.45, 7) is 3.57. The van der Waals surface area contributed by atoms with E-state index in [0.717, 1.165) is 0 Å². The van der Waals surface area contributed by atoms with Crippen molar-refractivity contribution in [2.45, 2.75) is 13.8 Å². The van der Waals surface area contributed by atoms with Crippen LogP contribution in [0.4, 0.5) is 0 Å². The van der Waals surface area contributed by atoms with Crippen LogP contribution in [0.3, 0.4) is 0 Å². The molecule has 0 heterocycles. The number of hydrogen-bond acceptors (Lipinski definition) is 2. The molecule has 0 aliphatic heterocycles. The first-order valence-electron chi connectivity index (χ1n) is 2.24. The molecule has 0 aromatic carbocycles. The topological polar surface area (TPSA) is 41.8 Å². The predicted octanol–water partition coefficient (Wildman–Crippen LogP) is 1.97. The molecule has 0 fully saturated rings. The van der Waals surface area contributed by atoms with Crippen molar-refractivity contribution in [1.82, 2.24) is 0 Å². The van der Waals surface area contributed by atoms with Crippen LogP contribution in [0.2, 0.25) is 0 Å². The normalized spacial score (nSPS) is 11.0. The quantitative estimate of drug-likeness (QED) is 0.497. The molecule has 0 aliphatic carbocycles. The van der Waals surface area contributed by atoms with E-state index in [9.17, 15) is 4.79 Å². The monoisotopic (exact) mass is 226 g/mol. The second kappa shape index (κ2) is 3.94. The predicted molar refractivity (Wildman–Crippen MR) is 38.7 cm³/mol. The maximum Gasteiger partial charge on any atom is 0.267 e. The van der Waals surface area contributed by atoms with Crippen molar-refractivity contribution >= 4 is 28.8 Å². The molecule has 0 aromatic rings. The van der Waals surface area contributed by atoms with Crippen LogP contribution in [0.15, 0.2) is 8.44 Å². The maximum absolute atomic E-state index is 10.5. The molecule has 8 heavy (non-hydrogen) atoms. The molecule has 0 spiro atoms. The summed E-state index contributed by atoms with van der Waals surface area (Å²) >= 11 is 1.67. The molecular weight excluding hydrogens is 219 g/mol. The summed E-state index contributed by atoms with van der Waals surface area (Å²) in [5, 5.41) is 3.30. The Hall–Kier alpha value is 0. The van der Waals surface area contributed by atoms with Crippen molar-refractivity contribution in [1.29, 1.82) is 0 Å². The van der Waals surface area contributed by atoms with Crippen molar-refractivity contribution in [3.63, 3.8) is 0 Å². The van der Waals surface area contributed by atoms with Gasteiger partial charge in [-0.3, -0.25) is 4.79 Å². The van der Waals surface area contributed by atoms with Gasteiger partial charge in [-0.1, -0.05) is 13.8 Å². The van der Waals surface area contributed by atoms with Crippen molar-refractivity contribution in [2.75, 3.05) is 0 Å². The minimum absolute atomic E-state index is 0.0338. The highest BCUT2D eigenvalue weighted by molar-refractivity contribution is 14.1. The molecule has 0 radical (unpaired) electrons. The molecule has 0 rings (SSSR count). The van der Waals surface area contributed by atoms with Gasteiger partial charge in [-0.2, -0.15) is 0 Å². The Bertz CT molecular complexity index is 111. The highest BCUT2D eigenvalue weighted by Gasteiger charge is 2.02. The lowest BCUT2D eigenvalue weighted by Crippen LogP contribution is -2.00. The summed E-state index contributed by atoms with van der Waals surface area (Å²) in [7, 11) is 0. The van der Waals surface area contributed by atoms with E-state index in [1.807, 2.05) is 0 Å². The molecule has 0 aliphatic rings. The summed E-state index contributed by atoms with van der Waals surface area (Å²) in [5.74, 6) is -0.201. The lowest BCUT2D eigenvalue weighted by Gasteiger charge is -1.90. The number of carbonyl (C=O) groups is 1. The maximum atomic E-state index is 10.5. The van der Waals surface area contributed by atoms with E-state index in [2.05, 4.69) is 8.44 Å². The molecule has 0 saturated heterocycles. The molecule has 46 valence electrons. The Balaban J connectivity index is 3.66. The van der Waals surface area contributed by atoms with E-state index in [0.29, 0.717) is 0 Å². The van der Waals surface area contributed by atoms with Crippen molar-refractivity contribution < 1.29 is 4.79 Å². The number of halogens is 1. The van der Waals surface area contributed by atoms with Crippen LogP contribution >= 0.6 is 22.9 Å². The molecule has 3 nitrogen and oxygen atoms in total. The van der Waals surface area contributed by atoms with Gasteiger partial charge in [0.15, 0.2) is 0 Å². The minimum Gasteiger partial charge on any atom is -0.271 e. The summed E-state index contributed by atoms with van der Waals surface area (Å²) in [6.07, 6.45) is 0. The van der Waals surface area contributed by atoms with Gasteiger partial charge in [-0.25, -0.2) is 0 Å². The molecular formula is C4H7IN2O. The molecule has 1 amide bonds. The summed E-state index contributed by atoms with van der Waals surface area (Å²) < 4.78 is 3.30. The zero-order chi connectivity index (χ0) is 6.57. The molecule has 0 N–H and O–H groups in total. The number of hydrogen-bond donors (Lipinski definition) is 0. The smallest absolute Gasteiger partial charge is 0.267 e. The fraction of sp³-hybridized carbons (Fsp3) is 0.750. The van der Waals surface area contributed by atoms with E-state index in [4.69, 9.17) is 0 Å². The van der Waals surface area contributed by atoms with E-state index in [1.54, 1.807) is 36.7 Å². The number of amides is 1. The molecule has 0 atom stereocenters. The first-order valence-corrected chi connectivity index (χ1v) is 3.21. The Labute approximate surface area is 62.1 Å². The second-order valence-corrected chi connectivity index (χ2v) is 2.10. The zero-order valence-corrected chi connectivity index (χ0v) is 6.92. The molecule has 4 heteroatoms. The van der Waals surface area contributed by atoms with Crippen molar-refractivity contribution in [3.8, 4) is 0 Å². The van der Waals surface area contributed by atoms with Gasteiger partial charge in [0, 0.05) is 5.92 Å². The van der Waals surface area contributed by atoms with Gasteiger partial charge >= 0.3 is 0 Å². The van der Waals surface area contributed by atoms with Crippen LogP contribution in [0, 0.1) is 5.92 Å². The highest BCUT2D eigenvalue weighted by Crippen LogP contribution is 1.97. The van der Waals surface area contributed by atoms with Gasteiger partial charge in [0.2, 0.25) is 0 Å². The standard InChI is InChI=1S/C4H7IN2O/c1-3(2)4(8)6-7-5/h3H,1-2H3. The number of rotatable bonds is 1. The molecule has 0 unspecified atom stereocenters. The second-order valence-electron chi connectivity index (χ2n) is 1.67. The first-order chi connectivity index (χ1) is 3.68.